The van der Waals surface area contributed by atoms with Crippen molar-refractivity contribution >= 4 is 21.6 Å². The highest BCUT2D eigenvalue weighted by Gasteiger charge is 2.05. The van der Waals surface area contributed by atoms with Crippen LogP contribution in [0.3, 0.4) is 0 Å². The molecule has 1 unspecified atom stereocenters. The largest absolute Gasteiger partial charge is 0.389 e. The van der Waals surface area contributed by atoms with E-state index in [1.54, 1.807) is 17.4 Å². The van der Waals surface area contributed by atoms with E-state index < -0.39 is 6.10 Å². The summed E-state index contributed by atoms with van der Waals surface area (Å²) in [5.41, 5.74) is 1.05. The van der Waals surface area contributed by atoms with Gasteiger partial charge in [0.05, 0.1) is 21.3 Å². The normalized spacial score (nSPS) is 12.9. The van der Waals surface area contributed by atoms with E-state index in [-0.39, 0.29) is 0 Å². The van der Waals surface area contributed by atoms with Gasteiger partial charge >= 0.3 is 0 Å². The number of aliphatic hydroxyl groups excluding tert-OH is 1. The number of hydrogen-bond acceptors (Lipinski definition) is 3. The Morgan fingerprint density at radius 1 is 1.47 bits per heavy atom. The summed E-state index contributed by atoms with van der Waals surface area (Å²) in [6.07, 6.45) is 2.65. The molecule has 0 saturated heterocycles. The van der Waals surface area contributed by atoms with Crippen molar-refractivity contribution in [1.82, 2.24) is 4.98 Å². The molecule has 0 radical (unpaired) electrons. The van der Waals surface area contributed by atoms with Crippen molar-refractivity contribution in [1.29, 1.82) is 0 Å². The zero-order valence-corrected chi connectivity index (χ0v) is 9.20. The number of aryl methyl sites for hydroxylation is 1. The van der Waals surface area contributed by atoms with Crippen molar-refractivity contribution in [3.05, 3.63) is 41.9 Å². The zero-order valence-electron chi connectivity index (χ0n) is 8.39. The third-order valence-electron chi connectivity index (χ3n) is 2.26. The van der Waals surface area contributed by atoms with Gasteiger partial charge in [-0.2, -0.15) is 0 Å². The van der Waals surface area contributed by atoms with Crippen LogP contribution in [0, 0.1) is 0 Å². The second kappa shape index (κ2) is 4.55. The molecule has 1 aromatic carbocycles. The fourth-order valence-corrected chi connectivity index (χ4v) is 2.40. The lowest BCUT2D eigenvalue weighted by Crippen LogP contribution is -2.02. The molecule has 0 saturated carbocycles. The van der Waals surface area contributed by atoms with Crippen LogP contribution in [0.1, 0.15) is 11.4 Å². The predicted octanol–water partition coefficient (Wildman–Crippen LogP) is 2.78. The van der Waals surface area contributed by atoms with E-state index in [1.165, 1.54) is 4.70 Å². The number of hydrogen-bond donors (Lipinski definition) is 1. The minimum atomic E-state index is -0.419. The van der Waals surface area contributed by atoms with E-state index in [0.717, 1.165) is 16.9 Å². The third kappa shape index (κ3) is 2.43. The van der Waals surface area contributed by atoms with Crippen molar-refractivity contribution in [3.8, 4) is 0 Å². The maximum Gasteiger partial charge on any atom is 0.0939 e. The van der Waals surface area contributed by atoms with Gasteiger partial charge in [0.25, 0.3) is 0 Å². The van der Waals surface area contributed by atoms with Gasteiger partial charge in [-0.1, -0.05) is 18.2 Å². The molecule has 3 heteroatoms. The van der Waals surface area contributed by atoms with Crippen LogP contribution >= 0.6 is 11.3 Å². The highest BCUT2D eigenvalue weighted by molar-refractivity contribution is 7.18. The Kier molecular flexibility index (Phi) is 3.14. The number of para-hydroxylation sites is 1. The molecule has 2 rings (SSSR count). The molecule has 0 aliphatic heterocycles. The molecule has 1 atom stereocenters. The summed E-state index contributed by atoms with van der Waals surface area (Å²) in [5, 5.41) is 10.4. The van der Waals surface area contributed by atoms with Crippen molar-refractivity contribution in [2.75, 3.05) is 0 Å². The summed E-state index contributed by atoms with van der Waals surface area (Å²) >= 11 is 1.69. The van der Waals surface area contributed by atoms with Gasteiger partial charge in [-0.05, 0) is 18.6 Å². The van der Waals surface area contributed by atoms with Crippen LogP contribution in [0.2, 0.25) is 0 Å². The summed E-state index contributed by atoms with van der Waals surface area (Å²) in [4.78, 5) is 4.49. The number of benzene rings is 1. The molecule has 2 nitrogen and oxygen atoms in total. The highest BCUT2D eigenvalue weighted by atomic mass is 32.1. The quantitative estimate of drug-likeness (QED) is 0.802. The minimum Gasteiger partial charge on any atom is -0.389 e. The Morgan fingerprint density at radius 2 is 2.27 bits per heavy atom. The Labute approximate surface area is 92.9 Å². The molecule has 2 aromatic rings. The van der Waals surface area contributed by atoms with E-state index in [2.05, 4.69) is 17.6 Å². The predicted molar refractivity (Wildman–Crippen MR) is 64.1 cm³/mol. The van der Waals surface area contributed by atoms with E-state index >= 15 is 0 Å². The van der Waals surface area contributed by atoms with Crippen LogP contribution in [-0.2, 0) is 6.42 Å². The Balaban J connectivity index is 2.12. The molecule has 78 valence electrons. The van der Waals surface area contributed by atoms with Crippen molar-refractivity contribution in [2.24, 2.45) is 0 Å². The average molecular weight is 219 g/mol. The van der Waals surface area contributed by atoms with Gasteiger partial charge in [0.2, 0.25) is 0 Å². The fourth-order valence-electron chi connectivity index (χ4n) is 1.42. The molecular weight excluding hydrogens is 206 g/mol. The van der Waals surface area contributed by atoms with Crippen LogP contribution in [0.25, 0.3) is 10.2 Å². The lowest BCUT2D eigenvalue weighted by atomic mass is 10.2. The highest BCUT2D eigenvalue weighted by Crippen LogP contribution is 2.22. The van der Waals surface area contributed by atoms with Crippen LogP contribution in [0.15, 0.2) is 36.9 Å². The van der Waals surface area contributed by atoms with Crippen LogP contribution in [-0.4, -0.2) is 16.2 Å². The Hall–Kier alpha value is -1.19. The maximum atomic E-state index is 9.35. The average Bonchev–Trinajstić information content (AvgIpc) is 2.68. The Morgan fingerprint density at radius 3 is 3.00 bits per heavy atom. The standard InChI is InChI=1S/C12H13NOS/c1-2-9(14)7-8-12-13-10-5-3-4-6-11(10)15-12/h2-6,9,14H,1,7-8H2. The lowest BCUT2D eigenvalue weighted by Gasteiger charge is -2.00. The van der Waals surface area contributed by atoms with Gasteiger partial charge in [-0.25, -0.2) is 4.98 Å². The first-order chi connectivity index (χ1) is 7.29. The van der Waals surface area contributed by atoms with Crippen LogP contribution < -0.4 is 0 Å². The van der Waals surface area contributed by atoms with Crippen LogP contribution in [0.5, 0.6) is 0 Å². The topological polar surface area (TPSA) is 33.1 Å². The van der Waals surface area contributed by atoms with Gasteiger partial charge in [-0.3, -0.25) is 0 Å². The maximum absolute atomic E-state index is 9.35. The van der Waals surface area contributed by atoms with E-state index in [4.69, 9.17) is 0 Å². The van der Waals surface area contributed by atoms with Gasteiger partial charge in [0.15, 0.2) is 0 Å². The number of thiazole rings is 1. The lowest BCUT2D eigenvalue weighted by molar-refractivity contribution is 0.213. The number of aliphatic hydroxyl groups is 1. The number of fused-ring (bicyclic) bond motifs is 1. The minimum absolute atomic E-state index is 0.419. The van der Waals surface area contributed by atoms with E-state index in [0.29, 0.717) is 6.42 Å². The first-order valence-corrected chi connectivity index (χ1v) is 5.76. The molecule has 0 amide bonds. The summed E-state index contributed by atoms with van der Waals surface area (Å²) < 4.78 is 1.21. The molecule has 15 heavy (non-hydrogen) atoms. The third-order valence-corrected chi connectivity index (χ3v) is 3.36. The monoisotopic (exact) mass is 219 g/mol. The molecule has 1 N–H and O–H groups in total. The molecule has 0 fully saturated rings. The molecule has 0 aliphatic carbocycles. The van der Waals surface area contributed by atoms with Crippen LogP contribution in [0.4, 0.5) is 0 Å². The first kappa shape index (κ1) is 10.3. The molecule has 1 aromatic heterocycles. The number of nitrogens with zero attached hydrogens (tertiary/aromatic N) is 1. The van der Waals surface area contributed by atoms with Gasteiger partial charge in [0.1, 0.15) is 0 Å². The molecule has 0 spiro atoms. The van der Waals surface area contributed by atoms with E-state index in [9.17, 15) is 5.11 Å². The van der Waals surface area contributed by atoms with E-state index in [1.807, 2.05) is 18.2 Å². The van der Waals surface area contributed by atoms with Crippen molar-refractivity contribution < 1.29 is 5.11 Å². The molecule has 0 aliphatic rings. The molecule has 0 bridgehead atoms. The second-order valence-electron chi connectivity index (χ2n) is 3.42. The van der Waals surface area contributed by atoms with Crippen molar-refractivity contribution in [3.63, 3.8) is 0 Å². The fraction of sp³-hybridized carbons (Fsp3) is 0.250. The Bertz CT molecular complexity index is 430. The van der Waals surface area contributed by atoms with Gasteiger partial charge < -0.3 is 5.11 Å². The van der Waals surface area contributed by atoms with Gasteiger partial charge in [-0.15, -0.1) is 17.9 Å². The second-order valence-corrected chi connectivity index (χ2v) is 4.53. The number of aromatic nitrogens is 1. The first-order valence-electron chi connectivity index (χ1n) is 4.94. The summed E-state index contributed by atoms with van der Waals surface area (Å²) in [5.74, 6) is 0. The van der Waals surface area contributed by atoms with Crippen molar-refractivity contribution in [2.45, 2.75) is 18.9 Å². The molecular formula is C12H13NOS. The summed E-state index contributed by atoms with van der Waals surface area (Å²) in [7, 11) is 0. The van der Waals surface area contributed by atoms with Gasteiger partial charge in [0, 0.05) is 6.42 Å². The summed E-state index contributed by atoms with van der Waals surface area (Å²) in [6, 6.07) is 8.09. The smallest absolute Gasteiger partial charge is 0.0939 e. The molecule has 1 heterocycles. The number of rotatable bonds is 4. The summed E-state index contributed by atoms with van der Waals surface area (Å²) in [6.45, 7) is 3.55. The SMILES string of the molecule is C=CC(O)CCc1nc2ccccc2s1. The zero-order chi connectivity index (χ0) is 10.7.